The number of hydrogen-bond donors (Lipinski definition) is 2. The van der Waals surface area contributed by atoms with Crippen molar-refractivity contribution in [3.63, 3.8) is 0 Å². The summed E-state index contributed by atoms with van der Waals surface area (Å²) in [5, 5.41) is 11.1. The number of morpholine rings is 1. The lowest BCUT2D eigenvalue weighted by Crippen LogP contribution is -2.49. The number of ether oxygens (including phenoxy) is 1. The van der Waals surface area contributed by atoms with Crippen LogP contribution in [0.3, 0.4) is 0 Å². The van der Waals surface area contributed by atoms with Crippen LogP contribution in [-0.4, -0.2) is 66.4 Å². The van der Waals surface area contributed by atoms with Gasteiger partial charge in [0, 0.05) is 51.1 Å². The number of benzene rings is 1. The van der Waals surface area contributed by atoms with Gasteiger partial charge in [0.1, 0.15) is 6.10 Å². The molecule has 2 aromatic rings. The Morgan fingerprint density at radius 2 is 2.10 bits per heavy atom. The van der Waals surface area contributed by atoms with Crippen LogP contribution in [0.5, 0.6) is 0 Å². The largest absolute Gasteiger partial charge is 0.370 e. The summed E-state index contributed by atoms with van der Waals surface area (Å²) < 4.78 is 7.64. The SMILES string of the molecule is CN=C(NCCNC(=O)c1ccc(Cl)c(Cl)c1)N1CCOC(c2cnn(C)c2)C1. The van der Waals surface area contributed by atoms with Crippen LogP contribution in [0.4, 0.5) is 0 Å². The molecule has 0 aliphatic carbocycles. The van der Waals surface area contributed by atoms with Crippen molar-refractivity contribution in [1.29, 1.82) is 0 Å². The topological polar surface area (TPSA) is 83.8 Å². The molecule has 1 fully saturated rings. The van der Waals surface area contributed by atoms with E-state index in [4.69, 9.17) is 27.9 Å². The summed E-state index contributed by atoms with van der Waals surface area (Å²) in [7, 11) is 3.63. The fraction of sp³-hybridized carbons (Fsp3) is 0.421. The second kappa shape index (κ2) is 9.96. The number of aliphatic imine (C=N–C) groups is 1. The van der Waals surface area contributed by atoms with Crippen LogP contribution in [0.15, 0.2) is 35.6 Å². The van der Waals surface area contributed by atoms with Gasteiger partial charge < -0.3 is 20.3 Å². The van der Waals surface area contributed by atoms with Crippen LogP contribution in [0.2, 0.25) is 10.0 Å². The maximum absolute atomic E-state index is 12.2. The lowest BCUT2D eigenvalue weighted by molar-refractivity contribution is -0.00800. The number of amides is 1. The molecule has 1 saturated heterocycles. The molecule has 2 heterocycles. The van der Waals surface area contributed by atoms with E-state index in [-0.39, 0.29) is 12.0 Å². The molecule has 1 unspecified atom stereocenters. The van der Waals surface area contributed by atoms with Gasteiger partial charge in [-0.05, 0) is 18.2 Å². The number of carbonyl (C=O) groups excluding carboxylic acids is 1. The van der Waals surface area contributed by atoms with Gasteiger partial charge >= 0.3 is 0 Å². The second-order valence-electron chi connectivity index (χ2n) is 6.61. The van der Waals surface area contributed by atoms with Crippen molar-refractivity contribution in [2.75, 3.05) is 39.8 Å². The third-order valence-electron chi connectivity index (χ3n) is 4.55. The normalized spacial score (nSPS) is 17.3. The number of nitrogens with one attached hydrogen (secondary N) is 2. The number of nitrogens with zero attached hydrogens (tertiary/aromatic N) is 4. The predicted octanol–water partition coefficient (Wildman–Crippen LogP) is 2.11. The molecule has 3 rings (SSSR count). The first kappa shape index (κ1) is 21.4. The van der Waals surface area contributed by atoms with Gasteiger partial charge in [-0.1, -0.05) is 23.2 Å². The molecule has 2 N–H and O–H groups in total. The van der Waals surface area contributed by atoms with Crippen molar-refractivity contribution in [2.24, 2.45) is 12.0 Å². The third-order valence-corrected chi connectivity index (χ3v) is 5.29. The van der Waals surface area contributed by atoms with Crippen molar-refractivity contribution in [3.8, 4) is 0 Å². The highest BCUT2D eigenvalue weighted by Crippen LogP contribution is 2.23. The van der Waals surface area contributed by atoms with Gasteiger partial charge in [0.15, 0.2) is 5.96 Å². The number of aryl methyl sites for hydroxylation is 1. The first-order chi connectivity index (χ1) is 14.0. The highest BCUT2D eigenvalue weighted by atomic mass is 35.5. The third kappa shape index (κ3) is 5.62. The Hall–Kier alpha value is -2.29. The number of carbonyl (C=O) groups is 1. The fourth-order valence-corrected chi connectivity index (χ4v) is 3.37. The van der Waals surface area contributed by atoms with Gasteiger partial charge in [0.2, 0.25) is 0 Å². The minimum Gasteiger partial charge on any atom is -0.370 e. The van der Waals surface area contributed by atoms with Gasteiger partial charge in [-0.2, -0.15) is 5.10 Å². The van der Waals surface area contributed by atoms with E-state index in [0.29, 0.717) is 41.8 Å². The molecule has 1 atom stereocenters. The van der Waals surface area contributed by atoms with Gasteiger partial charge in [-0.25, -0.2) is 0 Å². The molecule has 1 amide bonds. The summed E-state index contributed by atoms with van der Waals surface area (Å²) in [5.74, 6) is 0.564. The Bertz CT molecular complexity index is 885. The van der Waals surface area contributed by atoms with E-state index in [1.165, 1.54) is 0 Å². The van der Waals surface area contributed by atoms with E-state index in [1.54, 1.807) is 29.9 Å². The molecule has 0 spiro atoms. The van der Waals surface area contributed by atoms with Crippen LogP contribution in [0, 0.1) is 0 Å². The fourth-order valence-electron chi connectivity index (χ4n) is 3.07. The first-order valence-electron chi connectivity index (χ1n) is 9.27. The van der Waals surface area contributed by atoms with Crippen LogP contribution in [0.1, 0.15) is 22.0 Å². The lowest BCUT2D eigenvalue weighted by Gasteiger charge is -2.34. The molecule has 29 heavy (non-hydrogen) atoms. The molecule has 0 radical (unpaired) electrons. The van der Waals surface area contributed by atoms with Crippen LogP contribution >= 0.6 is 23.2 Å². The van der Waals surface area contributed by atoms with Gasteiger partial charge in [-0.15, -0.1) is 0 Å². The zero-order valence-electron chi connectivity index (χ0n) is 16.4. The Morgan fingerprint density at radius 3 is 2.79 bits per heavy atom. The summed E-state index contributed by atoms with van der Waals surface area (Å²) >= 11 is 11.8. The highest BCUT2D eigenvalue weighted by molar-refractivity contribution is 6.42. The zero-order valence-corrected chi connectivity index (χ0v) is 17.9. The minimum absolute atomic E-state index is 0.0506. The molecule has 8 nitrogen and oxygen atoms in total. The molecule has 0 saturated carbocycles. The predicted molar refractivity (Wildman–Crippen MR) is 114 cm³/mol. The smallest absolute Gasteiger partial charge is 0.251 e. The molecule has 0 bridgehead atoms. The highest BCUT2D eigenvalue weighted by Gasteiger charge is 2.25. The molecular formula is C19H24Cl2N6O2. The molecule has 1 aromatic heterocycles. The quantitative estimate of drug-likeness (QED) is 0.424. The van der Waals surface area contributed by atoms with Crippen molar-refractivity contribution in [2.45, 2.75) is 6.10 Å². The van der Waals surface area contributed by atoms with Crippen LogP contribution in [0.25, 0.3) is 0 Å². The maximum atomic E-state index is 12.2. The first-order valence-corrected chi connectivity index (χ1v) is 10.0. The van der Waals surface area contributed by atoms with Gasteiger partial charge in [0.25, 0.3) is 5.91 Å². The number of halogens is 2. The van der Waals surface area contributed by atoms with E-state index < -0.39 is 0 Å². The van der Waals surface area contributed by atoms with Crippen molar-refractivity contribution in [3.05, 3.63) is 51.8 Å². The van der Waals surface area contributed by atoms with Crippen LogP contribution < -0.4 is 10.6 Å². The standard InChI is InChI=1S/C19H24Cl2N6O2/c1-22-19(27-7-8-29-17(12-27)14-10-25-26(2)11-14)24-6-5-23-18(28)13-3-4-15(20)16(21)9-13/h3-4,9-11,17H,5-8,12H2,1-2H3,(H,22,24)(H,23,28). The molecule has 1 aliphatic rings. The van der Waals surface area contributed by atoms with E-state index in [0.717, 1.165) is 18.1 Å². The minimum atomic E-state index is -0.205. The lowest BCUT2D eigenvalue weighted by atomic mass is 10.1. The van der Waals surface area contributed by atoms with Crippen molar-refractivity contribution >= 4 is 35.1 Å². The van der Waals surface area contributed by atoms with Gasteiger partial charge in [-0.3, -0.25) is 14.5 Å². The summed E-state index contributed by atoms with van der Waals surface area (Å²) in [6, 6.07) is 4.80. The second-order valence-corrected chi connectivity index (χ2v) is 7.43. The summed E-state index contributed by atoms with van der Waals surface area (Å²) in [6.45, 7) is 3.00. The number of aromatic nitrogens is 2. The molecule has 1 aromatic carbocycles. The van der Waals surface area contributed by atoms with E-state index in [9.17, 15) is 4.79 Å². The van der Waals surface area contributed by atoms with Crippen LogP contribution in [-0.2, 0) is 11.8 Å². The number of hydrogen-bond acceptors (Lipinski definition) is 4. The average molecular weight is 439 g/mol. The Labute approximate surface area is 179 Å². The monoisotopic (exact) mass is 438 g/mol. The molecule has 156 valence electrons. The summed E-state index contributed by atoms with van der Waals surface area (Å²) in [4.78, 5) is 18.7. The summed E-state index contributed by atoms with van der Waals surface area (Å²) in [6.07, 6.45) is 3.73. The average Bonchev–Trinajstić information content (AvgIpc) is 3.16. The zero-order chi connectivity index (χ0) is 20.8. The molecule has 10 heteroatoms. The number of rotatable bonds is 5. The van der Waals surface area contributed by atoms with Crippen molar-refractivity contribution < 1.29 is 9.53 Å². The summed E-state index contributed by atoms with van der Waals surface area (Å²) in [5.41, 5.74) is 1.51. The Morgan fingerprint density at radius 1 is 1.31 bits per heavy atom. The van der Waals surface area contributed by atoms with Gasteiger partial charge in [0.05, 0.1) is 29.4 Å². The molecular weight excluding hydrogens is 415 g/mol. The number of guanidine groups is 1. The Balaban J connectivity index is 1.47. The maximum Gasteiger partial charge on any atom is 0.251 e. The van der Waals surface area contributed by atoms with E-state index >= 15 is 0 Å². The van der Waals surface area contributed by atoms with E-state index in [2.05, 4.69) is 25.6 Å². The van der Waals surface area contributed by atoms with E-state index in [1.807, 2.05) is 19.4 Å². The van der Waals surface area contributed by atoms with Crippen molar-refractivity contribution in [1.82, 2.24) is 25.3 Å². The molecule has 1 aliphatic heterocycles. The Kier molecular flexibility index (Phi) is 7.35.